The molecule has 0 spiro atoms. The van der Waals surface area contributed by atoms with E-state index in [4.69, 9.17) is 9.84 Å². The van der Waals surface area contributed by atoms with Crippen molar-refractivity contribution in [3.8, 4) is 0 Å². The summed E-state index contributed by atoms with van der Waals surface area (Å²) in [5.41, 5.74) is 1.28. The van der Waals surface area contributed by atoms with Crippen LogP contribution in [0.5, 0.6) is 0 Å². The van der Waals surface area contributed by atoms with Gasteiger partial charge in [-0.25, -0.2) is 0 Å². The molecule has 5 heteroatoms. The number of hydrogen-bond donors (Lipinski definition) is 2. The summed E-state index contributed by atoms with van der Waals surface area (Å²) in [7, 11) is 1.61. The summed E-state index contributed by atoms with van der Waals surface area (Å²) in [5, 5.41) is 11.5. The topological polar surface area (TPSA) is 75.6 Å². The number of carboxylic acid groups (broad SMARTS) is 1. The molecule has 0 saturated heterocycles. The maximum atomic E-state index is 11.7. The predicted octanol–water partition coefficient (Wildman–Crippen LogP) is 2.07. The summed E-state index contributed by atoms with van der Waals surface area (Å²) in [6, 6.07) is 6.86. The number of carboxylic acids is 1. The van der Waals surface area contributed by atoms with Crippen LogP contribution in [0.1, 0.15) is 25.3 Å². The molecule has 0 radical (unpaired) electrons. The molecule has 104 valence electrons. The van der Waals surface area contributed by atoms with Crippen molar-refractivity contribution in [1.29, 1.82) is 0 Å². The Morgan fingerprint density at radius 3 is 2.79 bits per heavy atom. The van der Waals surface area contributed by atoms with Crippen molar-refractivity contribution in [1.82, 2.24) is 0 Å². The third-order valence-corrected chi connectivity index (χ3v) is 2.75. The molecule has 0 fully saturated rings. The molecule has 1 aromatic carbocycles. The van der Waals surface area contributed by atoms with Crippen LogP contribution in [0.2, 0.25) is 0 Å². The first kappa shape index (κ1) is 15.2. The molecule has 0 heterocycles. The van der Waals surface area contributed by atoms with Gasteiger partial charge in [0, 0.05) is 19.2 Å². The molecule has 1 rings (SSSR count). The molecule has 0 aliphatic carbocycles. The SMILES string of the molecule is COC(C)CCC(=O)Nc1cccc(CC(=O)O)c1. The average Bonchev–Trinajstić information content (AvgIpc) is 2.35. The van der Waals surface area contributed by atoms with E-state index in [-0.39, 0.29) is 18.4 Å². The Kier molecular flexibility index (Phi) is 6.02. The molecule has 1 amide bonds. The van der Waals surface area contributed by atoms with Gasteiger partial charge in [-0.3, -0.25) is 9.59 Å². The summed E-state index contributed by atoms with van der Waals surface area (Å²) in [4.78, 5) is 22.3. The first-order valence-electron chi connectivity index (χ1n) is 6.14. The van der Waals surface area contributed by atoms with Gasteiger partial charge in [0.1, 0.15) is 0 Å². The van der Waals surface area contributed by atoms with Gasteiger partial charge in [-0.05, 0) is 31.0 Å². The van der Waals surface area contributed by atoms with Crippen molar-refractivity contribution in [2.24, 2.45) is 0 Å². The summed E-state index contributed by atoms with van der Waals surface area (Å²) in [6.07, 6.45) is 1.02. The van der Waals surface area contributed by atoms with E-state index in [1.165, 1.54) is 0 Å². The molecular formula is C14H19NO4. The highest BCUT2D eigenvalue weighted by molar-refractivity contribution is 5.90. The minimum absolute atomic E-state index is 0.0455. The van der Waals surface area contributed by atoms with Crippen LogP contribution in [0.25, 0.3) is 0 Å². The third-order valence-electron chi connectivity index (χ3n) is 2.75. The number of nitrogens with one attached hydrogen (secondary N) is 1. The zero-order chi connectivity index (χ0) is 14.3. The number of carbonyl (C=O) groups is 2. The van der Waals surface area contributed by atoms with Gasteiger partial charge in [-0.1, -0.05) is 12.1 Å². The molecule has 5 nitrogen and oxygen atoms in total. The monoisotopic (exact) mass is 265 g/mol. The maximum absolute atomic E-state index is 11.7. The smallest absolute Gasteiger partial charge is 0.307 e. The van der Waals surface area contributed by atoms with Crippen LogP contribution < -0.4 is 5.32 Å². The minimum Gasteiger partial charge on any atom is -0.481 e. The lowest BCUT2D eigenvalue weighted by Crippen LogP contribution is -2.15. The quantitative estimate of drug-likeness (QED) is 0.791. The number of anilines is 1. The van der Waals surface area contributed by atoms with Crippen LogP contribution in [-0.4, -0.2) is 30.2 Å². The first-order valence-corrected chi connectivity index (χ1v) is 6.14. The minimum atomic E-state index is -0.891. The summed E-state index contributed by atoms with van der Waals surface area (Å²) in [6.45, 7) is 1.90. The van der Waals surface area contributed by atoms with Gasteiger partial charge >= 0.3 is 5.97 Å². The zero-order valence-corrected chi connectivity index (χ0v) is 11.2. The van der Waals surface area contributed by atoms with E-state index >= 15 is 0 Å². The Hall–Kier alpha value is -1.88. The van der Waals surface area contributed by atoms with Gasteiger partial charge in [-0.15, -0.1) is 0 Å². The van der Waals surface area contributed by atoms with Gasteiger partial charge < -0.3 is 15.2 Å². The fourth-order valence-electron chi connectivity index (χ4n) is 1.61. The molecule has 1 unspecified atom stereocenters. The highest BCUT2D eigenvalue weighted by Crippen LogP contribution is 2.12. The molecule has 2 N–H and O–H groups in total. The Bertz CT molecular complexity index is 445. The van der Waals surface area contributed by atoms with Crippen molar-refractivity contribution in [2.45, 2.75) is 32.3 Å². The van der Waals surface area contributed by atoms with Gasteiger partial charge in [-0.2, -0.15) is 0 Å². The summed E-state index contributed by atoms with van der Waals surface area (Å²) >= 11 is 0. The largest absolute Gasteiger partial charge is 0.481 e. The number of rotatable bonds is 7. The second-order valence-electron chi connectivity index (χ2n) is 4.40. The predicted molar refractivity (Wildman–Crippen MR) is 72.1 cm³/mol. The number of benzene rings is 1. The van der Waals surface area contributed by atoms with E-state index in [1.54, 1.807) is 31.4 Å². The van der Waals surface area contributed by atoms with E-state index in [1.807, 2.05) is 6.92 Å². The Morgan fingerprint density at radius 2 is 2.16 bits per heavy atom. The fourth-order valence-corrected chi connectivity index (χ4v) is 1.61. The molecule has 1 atom stereocenters. The van der Waals surface area contributed by atoms with Crippen molar-refractivity contribution < 1.29 is 19.4 Å². The fraction of sp³-hybridized carbons (Fsp3) is 0.429. The Morgan fingerprint density at radius 1 is 1.42 bits per heavy atom. The first-order chi connectivity index (χ1) is 9.01. The highest BCUT2D eigenvalue weighted by atomic mass is 16.5. The van der Waals surface area contributed by atoms with Crippen molar-refractivity contribution >= 4 is 17.6 Å². The standard InChI is InChI=1S/C14H19NO4/c1-10(19-2)6-7-13(16)15-12-5-3-4-11(8-12)9-14(17)18/h3-5,8,10H,6-7,9H2,1-2H3,(H,15,16)(H,17,18). The van der Waals surface area contributed by atoms with E-state index in [9.17, 15) is 9.59 Å². The molecule has 0 aliphatic heterocycles. The Balaban J connectivity index is 2.52. The van der Waals surface area contributed by atoms with Crippen LogP contribution in [0.4, 0.5) is 5.69 Å². The van der Waals surface area contributed by atoms with Crippen LogP contribution in [0, 0.1) is 0 Å². The van der Waals surface area contributed by atoms with Gasteiger partial charge in [0.25, 0.3) is 0 Å². The van der Waals surface area contributed by atoms with E-state index in [0.29, 0.717) is 24.1 Å². The second kappa shape index (κ2) is 7.53. The van der Waals surface area contributed by atoms with Crippen LogP contribution >= 0.6 is 0 Å². The molecule has 0 aliphatic rings. The summed E-state index contributed by atoms with van der Waals surface area (Å²) in [5.74, 6) is -0.992. The lowest BCUT2D eigenvalue weighted by molar-refractivity contribution is -0.136. The van der Waals surface area contributed by atoms with Gasteiger partial charge in [0.15, 0.2) is 0 Å². The number of methoxy groups -OCH3 is 1. The van der Waals surface area contributed by atoms with E-state index in [0.717, 1.165) is 0 Å². The number of hydrogen-bond acceptors (Lipinski definition) is 3. The second-order valence-corrected chi connectivity index (χ2v) is 4.40. The van der Waals surface area contributed by atoms with Crippen LogP contribution in [0.15, 0.2) is 24.3 Å². The number of amides is 1. The number of carbonyl (C=O) groups excluding carboxylic acids is 1. The van der Waals surface area contributed by atoms with Crippen molar-refractivity contribution in [3.63, 3.8) is 0 Å². The lowest BCUT2D eigenvalue weighted by Gasteiger charge is -2.10. The average molecular weight is 265 g/mol. The highest BCUT2D eigenvalue weighted by Gasteiger charge is 2.07. The van der Waals surface area contributed by atoms with Crippen LogP contribution in [0.3, 0.4) is 0 Å². The molecule has 19 heavy (non-hydrogen) atoms. The zero-order valence-electron chi connectivity index (χ0n) is 11.2. The van der Waals surface area contributed by atoms with Gasteiger partial charge in [0.2, 0.25) is 5.91 Å². The van der Waals surface area contributed by atoms with E-state index < -0.39 is 5.97 Å². The lowest BCUT2D eigenvalue weighted by atomic mass is 10.1. The number of aliphatic carboxylic acids is 1. The van der Waals surface area contributed by atoms with Gasteiger partial charge in [0.05, 0.1) is 12.5 Å². The number of ether oxygens (including phenoxy) is 1. The molecule has 0 bridgehead atoms. The third kappa shape index (κ3) is 6.01. The molecule has 1 aromatic rings. The Labute approximate surface area is 112 Å². The van der Waals surface area contributed by atoms with E-state index in [2.05, 4.69) is 5.32 Å². The summed E-state index contributed by atoms with van der Waals surface area (Å²) < 4.78 is 5.07. The normalized spacial score (nSPS) is 11.9. The molecular weight excluding hydrogens is 246 g/mol. The van der Waals surface area contributed by atoms with Crippen LogP contribution in [-0.2, 0) is 20.7 Å². The molecule has 0 saturated carbocycles. The molecule has 0 aromatic heterocycles. The maximum Gasteiger partial charge on any atom is 0.307 e. The van der Waals surface area contributed by atoms with Crippen molar-refractivity contribution in [3.05, 3.63) is 29.8 Å². The van der Waals surface area contributed by atoms with Crippen molar-refractivity contribution in [2.75, 3.05) is 12.4 Å².